The van der Waals surface area contributed by atoms with Gasteiger partial charge in [-0.05, 0) is 31.1 Å². The lowest BCUT2D eigenvalue weighted by Gasteiger charge is -2.20. The number of nitrogens with zero attached hydrogens (tertiary/aromatic N) is 3. The normalized spacial score (nSPS) is 10.8. The van der Waals surface area contributed by atoms with E-state index in [2.05, 4.69) is 18.8 Å². The third-order valence-electron chi connectivity index (χ3n) is 2.35. The smallest absolute Gasteiger partial charge is 0.400 e. The van der Waals surface area contributed by atoms with Crippen LogP contribution in [0, 0.1) is 10.1 Å². The van der Waals surface area contributed by atoms with Crippen molar-refractivity contribution in [3.63, 3.8) is 0 Å². The lowest BCUT2D eigenvalue weighted by molar-refractivity contribution is -0.402. The quantitative estimate of drug-likeness (QED) is 0.347. The molecule has 1 aromatic rings. The molecular weight excluding hydrogens is 266 g/mol. The minimum atomic E-state index is -0.587. The molecule has 0 spiro atoms. The fourth-order valence-electron chi connectivity index (χ4n) is 1.55. The monoisotopic (exact) mass is 283 g/mol. The highest BCUT2D eigenvalue weighted by molar-refractivity contribution is 7.80. The molecule has 0 saturated carbocycles. The molecular formula is C12H17N3O3S. The summed E-state index contributed by atoms with van der Waals surface area (Å²) in [6.07, 6.45) is 3.39. The van der Waals surface area contributed by atoms with Gasteiger partial charge in [0.2, 0.25) is 0 Å². The molecule has 0 aliphatic rings. The van der Waals surface area contributed by atoms with Crippen molar-refractivity contribution in [2.45, 2.75) is 26.7 Å². The van der Waals surface area contributed by atoms with Crippen molar-refractivity contribution in [1.82, 2.24) is 4.90 Å². The first kappa shape index (κ1) is 15.3. The van der Waals surface area contributed by atoms with E-state index in [1.165, 1.54) is 18.3 Å². The highest BCUT2D eigenvalue weighted by Gasteiger charge is 2.11. The van der Waals surface area contributed by atoms with E-state index in [0.717, 1.165) is 25.9 Å². The van der Waals surface area contributed by atoms with Gasteiger partial charge in [-0.3, -0.25) is 10.1 Å². The van der Waals surface area contributed by atoms with Gasteiger partial charge in [0.1, 0.15) is 4.92 Å². The lowest BCUT2D eigenvalue weighted by atomic mass is 10.4. The molecule has 0 radical (unpaired) electrons. The van der Waals surface area contributed by atoms with Gasteiger partial charge in [-0.15, -0.1) is 0 Å². The minimum absolute atomic E-state index is 0.300. The van der Waals surface area contributed by atoms with Crippen molar-refractivity contribution in [2.75, 3.05) is 13.1 Å². The third-order valence-corrected chi connectivity index (χ3v) is 2.72. The average Bonchev–Trinajstić information content (AvgIpc) is 2.84. The van der Waals surface area contributed by atoms with Crippen LogP contribution in [0.1, 0.15) is 32.4 Å². The van der Waals surface area contributed by atoms with Crippen LogP contribution in [0.3, 0.4) is 0 Å². The van der Waals surface area contributed by atoms with Crippen molar-refractivity contribution in [3.8, 4) is 0 Å². The summed E-state index contributed by atoms with van der Waals surface area (Å²) in [5.41, 5.74) is 0. The zero-order valence-corrected chi connectivity index (χ0v) is 11.9. The Kier molecular flexibility index (Phi) is 6.14. The molecule has 0 bridgehead atoms. The average molecular weight is 283 g/mol. The van der Waals surface area contributed by atoms with Crippen LogP contribution in [-0.4, -0.2) is 34.2 Å². The summed E-state index contributed by atoms with van der Waals surface area (Å²) in [6.45, 7) is 5.85. The number of hydrogen-bond donors (Lipinski definition) is 0. The molecule has 0 fully saturated rings. The van der Waals surface area contributed by atoms with Crippen LogP contribution < -0.4 is 0 Å². The van der Waals surface area contributed by atoms with E-state index in [-0.39, 0.29) is 5.88 Å². The SMILES string of the molecule is CCCN(CCC)C(=S)/N=C/c1ccc([N+](=O)[O-])o1. The van der Waals surface area contributed by atoms with Crippen LogP contribution in [0.4, 0.5) is 5.88 Å². The number of thiocarbonyl (C=S) groups is 1. The van der Waals surface area contributed by atoms with Crippen LogP contribution in [0.5, 0.6) is 0 Å². The van der Waals surface area contributed by atoms with Crippen molar-refractivity contribution in [3.05, 3.63) is 28.0 Å². The molecule has 104 valence electrons. The second kappa shape index (κ2) is 7.63. The van der Waals surface area contributed by atoms with Crippen molar-refractivity contribution in [1.29, 1.82) is 0 Å². The van der Waals surface area contributed by atoms with E-state index in [4.69, 9.17) is 16.6 Å². The van der Waals surface area contributed by atoms with Crippen molar-refractivity contribution in [2.24, 2.45) is 4.99 Å². The van der Waals surface area contributed by atoms with Crippen molar-refractivity contribution >= 4 is 29.4 Å². The van der Waals surface area contributed by atoms with Crippen LogP contribution in [0.25, 0.3) is 0 Å². The minimum Gasteiger partial charge on any atom is -0.400 e. The van der Waals surface area contributed by atoms with Gasteiger partial charge in [-0.1, -0.05) is 13.8 Å². The summed E-state index contributed by atoms with van der Waals surface area (Å²) in [4.78, 5) is 16.0. The molecule has 19 heavy (non-hydrogen) atoms. The van der Waals surface area contributed by atoms with Gasteiger partial charge in [0, 0.05) is 13.1 Å². The Morgan fingerprint density at radius 3 is 2.58 bits per heavy atom. The molecule has 0 saturated heterocycles. The van der Waals surface area contributed by atoms with Crippen LogP contribution >= 0.6 is 12.2 Å². The van der Waals surface area contributed by atoms with Gasteiger partial charge in [-0.2, -0.15) is 0 Å². The first-order valence-electron chi connectivity index (χ1n) is 6.15. The van der Waals surface area contributed by atoms with E-state index in [9.17, 15) is 10.1 Å². The Hall–Kier alpha value is -1.76. The maximum Gasteiger partial charge on any atom is 0.433 e. The molecule has 1 aromatic heterocycles. The molecule has 0 aliphatic carbocycles. The molecule has 1 rings (SSSR count). The van der Waals surface area contributed by atoms with Gasteiger partial charge in [0.25, 0.3) is 0 Å². The van der Waals surface area contributed by atoms with Crippen molar-refractivity contribution < 1.29 is 9.34 Å². The molecule has 0 atom stereocenters. The summed E-state index contributed by atoms with van der Waals surface area (Å²) in [5, 5.41) is 10.9. The number of rotatable bonds is 6. The fourth-order valence-corrected chi connectivity index (χ4v) is 1.79. The number of nitro groups is 1. The highest BCUT2D eigenvalue weighted by Crippen LogP contribution is 2.14. The summed E-state index contributed by atoms with van der Waals surface area (Å²) in [7, 11) is 0. The van der Waals surface area contributed by atoms with Crippen LogP contribution in [0.15, 0.2) is 21.5 Å². The lowest BCUT2D eigenvalue weighted by Crippen LogP contribution is -2.29. The Bertz CT molecular complexity index is 465. The topological polar surface area (TPSA) is 71.9 Å². The number of aliphatic imine (C=N–C) groups is 1. The first-order chi connectivity index (χ1) is 9.08. The largest absolute Gasteiger partial charge is 0.433 e. The zero-order chi connectivity index (χ0) is 14.3. The third kappa shape index (κ3) is 4.78. The standard InChI is InChI=1S/C12H17N3O3S/c1-3-7-14(8-4-2)12(19)13-9-10-5-6-11(18-10)15(16)17/h5-6,9H,3-4,7-8H2,1-2H3/b13-9+. The molecule has 0 unspecified atom stereocenters. The van der Waals surface area contributed by atoms with Gasteiger partial charge >= 0.3 is 5.88 Å². The molecule has 6 nitrogen and oxygen atoms in total. The van der Waals surface area contributed by atoms with E-state index in [1.54, 1.807) is 0 Å². The highest BCUT2D eigenvalue weighted by atomic mass is 32.1. The van der Waals surface area contributed by atoms with Gasteiger partial charge in [-0.25, -0.2) is 4.99 Å². The van der Waals surface area contributed by atoms with Crippen LogP contribution in [-0.2, 0) is 0 Å². The molecule has 0 N–H and O–H groups in total. The van der Waals surface area contributed by atoms with Gasteiger partial charge in [0.15, 0.2) is 10.9 Å². The van der Waals surface area contributed by atoms with E-state index >= 15 is 0 Å². The molecule has 0 aromatic carbocycles. The van der Waals surface area contributed by atoms with Crippen LogP contribution in [0.2, 0.25) is 0 Å². The van der Waals surface area contributed by atoms with E-state index in [1.807, 2.05) is 4.90 Å². The second-order valence-electron chi connectivity index (χ2n) is 3.96. The zero-order valence-electron chi connectivity index (χ0n) is 11.0. The summed E-state index contributed by atoms with van der Waals surface area (Å²) >= 11 is 5.22. The second-order valence-corrected chi connectivity index (χ2v) is 4.33. The molecule has 1 heterocycles. The number of furan rings is 1. The molecule has 0 amide bonds. The molecule has 7 heteroatoms. The Balaban J connectivity index is 2.67. The summed E-state index contributed by atoms with van der Waals surface area (Å²) in [6, 6.07) is 2.79. The predicted octanol–water partition coefficient (Wildman–Crippen LogP) is 3.01. The maximum absolute atomic E-state index is 10.5. The number of hydrogen-bond acceptors (Lipinski definition) is 4. The maximum atomic E-state index is 10.5. The Morgan fingerprint density at radius 2 is 2.11 bits per heavy atom. The predicted molar refractivity (Wildman–Crippen MR) is 77.7 cm³/mol. The Morgan fingerprint density at radius 1 is 1.47 bits per heavy atom. The van der Waals surface area contributed by atoms with E-state index in [0.29, 0.717) is 10.9 Å². The molecule has 0 aliphatic heterocycles. The first-order valence-corrected chi connectivity index (χ1v) is 6.56. The van der Waals surface area contributed by atoms with E-state index < -0.39 is 4.92 Å². The summed E-state index contributed by atoms with van der Waals surface area (Å²) < 4.78 is 4.97. The Labute approximate surface area is 117 Å². The van der Waals surface area contributed by atoms with Gasteiger partial charge in [0.05, 0.1) is 12.3 Å². The van der Waals surface area contributed by atoms with Gasteiger partial charge < -0.3 is 9.32 Å². The summed E-state index contributed by atoms with van der Waals surface area (Å²) in [5.74, 6) is 0.0216. The fraction of sp³-hybridized carbons (Fsp3) is 0.500.